The summed E-state index contributed by atoms with van der Waals surface area (Å²) in [5.41, 5.74) is 1.26. The van der Waals surface area contributed by atoms with Crippen molar-refractivity contribution < 1.29 is 33.5 Å². The predicted octanol–water partition coefficient (Wildman–Crippen LogP) is 3.83. The minimum absolute atomic E-state index is 0.0642. The van der Waals surface area contributed by atoms with Crippen molar-refractivity contribution >= 4 is 29.4 Å². The number of benzene rings is 1. The molecule has 0 N–H and O–H groups in total. The van der Waals surface area contributed by atoms with Crippen LogP contribution in [0.3, 0.4) is 0 Å². The van der Waals surface area contributed by atoms with E-state index in [0.29, 0.717) is 12.8 Å². The fourth-order valence-corrected chi connectivity index (χ4v) is 6.84. The third-order valence-corrected chi connectivity index (χ3v) is 8.32. The molecule has 3 fully saturated rings. The Hall–Kier alpha value is -3.03. The van der Waals surface area contributed by atoms with Crippen molar-refractivity contribution in [1.29, 1.82) is 0 Å². The molecule has 0 amide bonds. The number of methoxy groups -OCH3 is 1. The number of esters is 2. The Balaban J connectivity index is 1.78. The van der Waals surface area contributed by atoms with Crippen molar-refractivity contribution in [3.05, 3.63) is 35.9 Å². The molecular formula is C27H33NO7. The summed E-state index contributed by atoms with van der Waals surface area (Å²) in [6.07, 6.45) is 1.83. The number of carbonyl (C=O) groups excluding carboxylic acids is 4. The van der Waals surface area contributed by atoms with Gasteiger partial charge in [-0.25, -0.2) is 4.79 Å². The molecule has 0 aliphatic heterocycles. The highest BCUT2D eigenvalue weighted by Crippen LogP contribution is 2.60. The van der Waals surface area contributed by atoms with E-state index in [4.69, 9.17) is 14.3 Å². The molecule has 3 saturated carbocycles. The summed E-state index contributed by atoms with van der Waals surface area (Å²) in [7, 11) is 1.35. The lowest BCUT2D eigenvalue weighted by molar-refractivity contribution is -0.181. The molecule has 8 heteroatoms. The summed E-state index contributed by atoms with van der Waals surface area (Å²) in [6.45, 7) is 4.58. The molecule has 0 radical (unpaired) electrons. The van der Waals surface area contributed by atoms with Gasteiger partial charge in [0.1, 0.15) is 0 Å². The van der Waals surface area contributed by atoms with Crippen LogP contribution in [0.5, 0.6) is 0 Å². The molecule has 0 heterocycles. The van der Waals surface area contributed by atoms with Crippen LogP contribution in [0.25, 0.3) is 0 Å². The van der Waals surface area contributed by atoms with Gasteiger partial charge in [-0.15, -0.1) is 0 Å². The lowest BCUT2D eigenvalue weighted by Gasteiger charge is -2.57. The summed E-state index contributed by atoms with van der Waals surface area (Å²) in [5, 5.41) is 4.24. The number of fused-ring (bicyclic) bond motifs is 3. The van der Waals surface area contributed by atoms with Gasteiger partial charge in [-0.3, -0.25) is 14.4 Å². The zero-order chi connectivity index (χ0) is 25.3. The minimum Gasteiger partial charge on any atom is -0.469 e. The third kappa shape index (κ3) is 4.75. The number of hydrogen-bond donors (Lipinski definition) is 0. The molecule has 3 aliphatic rings. The van der Waals surface area contributed by atoms with Gasteiger partial charge in [-0.05, 0) is 48.5 Å². The summed E-state index contributed by atoms with van der Waals surface area (Å²) >= 11 is 0. The van der Waals surface area contributed by atoms with E-state index in [9.17, 15) is 19.2 Å². The summed E-state index contributed by atoms with van der Waals surface area (Å²) in [6, 6.07) is 10.0. The lowest BCUT2D eigenvalue weighted by atomic mass is 9.46. The summed E-state index contributed by atoms with van der Waals surface area (Å²) in [4.78, 5) is 55.2. The monoisotopic (exact) mass is 483 g/mol. The van der Waals surface area contributed by atoms with Crippen LogP contribution in [0.2, 0.25) is 0 Å². The number of oxime groups is 1. The average molecular weight is 484 g/mol. The van der Waals surface area contributed by atoms with Crippen molar-refractivity contribution in [2.24, 2.45) is 34.2 Å². The molecular weight excluding hydrogens is 450 g/mol. The molecule has 0 saturated heterocycles. The molecule has 0 unspecified atom stereocenters. The first-order chi connectivity index (χ1) is 16.7. The molecule has 0 bridgehead atoms. The van der Waals surface area contributed by atoms with E-state index in [0.717, 1.165) is 24.1 Å². The van der Waals surface area contributed by atoms with Crippen molar-refractivity contribution in [2.75, 3.05) is 7.11 Å². The molecule has 8 nitrogen and oxygen atoms in total. The first-order valence-corrected chi connectivity index (χ1v) is 12.2. The van der Waals surface area contributed by atoms with E-state index in [1.54, 1.807) is 0 Å². The molecule has 1 aromatic rings. The fourth-order valence-electron chi connectivity index (χ4n) is 6.84. The Kier molecular flexibility index (Phi) is 7.10. The number of rotatable bonds is 4. The van der Waals surface area contributed by atoms with Crippen LogP contribution >= 0.6 is 0 Å². The van der Waals surface area contributed by atoms with Crippen LogP contribution in [0.15, 0.2) is 35.5 Å². The van der Waals surface area contributed by atoms with Crippen LogP contribution in [0.1, 0.15) is 64.4 Å². The van der Waals surface area contributed by atoms with E-state index in [1.165, 1.54) is 21.0 Å². The zero-order valence-electron chi connectivity index (χ0n) is 20.7. The van der Waals surface area contributed by atoms with Crippen LogP contribution in [0, 0.1) is 29.1 Å². The highest BCUT2D eigenvalue weighted by molar-refractivity contribution is 5.94. The van der Waals surface area contributed by atoms with Crippen molar-refractivity contribution in [3.8, 4) is 0 Å². The molecule has 7 atom stereocenters. The Bertz CT molecular complexity index is 1040. The molecule has 0 aromatic heterocycles. The van der Waals surface area contributed by atoms with Gasteiger partial charge < -0.3 is 14.3 Å². The second kappa shape index (κ2) is 9.91. The topological polar surface area (TPSA) is 108 Å². The van der Waals surface area contributed by atoms with Gasteiger partial charge in [0.2, 0.25) is 0 Å². The Morgan fingerprint density at radius 2 is 1.77 bits per heavy atom. The van der Waals surface area contributed by atoms with Crippen molar-refractivity contribution in [3.63, 3.8) is 0 Å². The Labute approximate surface area is 205 Å². The van der Waals surface area contributed by atoms with E-state index in [1.807, 2.05) is 25.1 Å². The lowest BCUT2D eigenvalue weighted by Crippen LogP contribution is -2.60. The van der Waals surface area contributed by atoms with Gasteiger partial charge >= 0.3 is 17.9 Å². The number of ketones is 1. The first kappa shape index (κ1) is 25.1. The van der Waals surface area contributed by atoms with Crippen LogP contribution in [0.4, 0.5) is 0 Å². The standard InChI is InChI=1S/C27H33NO7/c1-15(29)34-23-14-21(26(32)33-4)27(3)11-10-19-20(24(27)25(23)31)12-18(17-8-6-5-7-9-17)13-22(19)28-35-16(2)30/h5-9,18-21,23-24H,10-14H2,1-4H3/b28-22+/t18-,19-,20+,21+,23+,24+,27+/m1/s1. The van der Waals surface area contributed by atoms with Gasteiger partial charge in [0.25, 0.3) is 0 Å². The minimum atomic E-state index is -0.987. The SMILES string of the molecule is COC(=O)[C@@H]1C[C@H](OC(C)=O)C(=O)[C@@H]2[C@H]3C[C@@H](c4ccccc4)C/C(=N\OC(C)=O)[C@@H]3CC[C@]21C. The van der Waals surface area contributed by atoms with E-state index < -0.39 is 35.3 Å². The normalized spacial score (nSPS) is 35.4. The Morgan fingerprint density at radius 1 is 1.06 bits per heavy atom. The zero-order valence-corrected chi connectivity index (χ0v) is 20.7. The molecule has 3 aliphatic carbocycles. The van der Waals surface area contributed by atoms with E-state index >= 15 is 0 Å². The second-order valence-electron chi connectivity index (χ2n) is 10.3. The van der Waals surface area contributed by atoms with Gasteiger partial charge in [0, 0.05) is 32.1 Å². The van der Waals surface area contributed by atoms with Gasteiger partial charge in [-0.2, -0.15) is 0 Å². The van der Waals surface area contributed by atoms with E-state index in [2.05, 4.69) is 17.3 Å². The molecule has 188 valence electrons. The molecule has 35 heavy (non-hydrogen) atoms. The third-order valence-electron chi connectivity index (χ3n) is 8.32. The molecule has 1 aromatic carbocycles. The summed E-state index contributed by atoms with van der Waals surface area (Å²) < 4.78 is 10.6. The summed E-state index contributed by atoms with van der Waals surface area (Å²) in [5.74, 6) is -2.78. The number of carbonyl (C=O) groups is 4. The van der Waals surface area contributed by atoms with Crippen LogP contribution < -0.4 is 0 Å². The quantitative estimate of drug-likeness (QED) is 0.364. The van der Waals surface area contributed by atoms with Crippen molar-refractivity contribution in [1.82, 2.24) is 0 Å². The van der Waals surface area contributed by atoms with Gasteiger partial charge in [0.05, 0.1) is 18.7 Å². The highest BCUT2D eigenvalue weighted by atomic mass is 16.7. The maximum absolute atomic E-state index is 13.9. The van der Waals surface area contributed by atoms with Crippen molar-refractivity contribution in [2.45, 2.75) is 64.9 Å². The number of nitrogens with zero attached hydrogens (tertiary/aromatic N) is 1. The molecule has 0 spiro atoms. The van der Waals surface area contributed by atoms with Crippen LogP contribution in [-0.2, 0) is 33.5 Å². The maximum Gasteiger partial charge on any atom is 0.331 e. The number of hydrogen-bond acceptors (Lipinski definition) is 8. The second-order valence-corrected chi connectivity index (χ2v) is 10.3. The van der Waals surface area contributed by atoms with E-state index in [-0.39, 0.29) is 35.9 Å². The number of Topliss-reactive ketones (excluding diaryl/α,β-unsaturated/α-hetero) is 1. The maximum atomic E-state index is 13.9. The average Bonchev–Trinajstić information content (AvgIpc) is 2.83. The predicted molar refractivity (Wildman–Crippen MR) is 126 cm³/mol. The highest BCUT2D eigenvalue weighted by Gasteiger charge is 2.62. The first-order valence-electron chi connectivity index (χ1n) is 12.2. The Morgan fingerprint density at radius 3 is 2.40 bits per heavy atom. The van der Waals surface area contributed by atoms with Gasteiger partial charge in [-0.1, -0.05) is 42.4 Å². The molecule has 4 rings (SSSR count). The van der Waals surface area contributed by atoms with Gasteiger partial charge in [0.15, 0.2) is 11.9 Å². The largest absolute Gasteiger partial charge is 0.469 e. The fraction of sp³-hybridized carbons (Fsp3) is 0.593. The van der Waals surface area contributed by atoms with Crippen LogP contribution in [-0.4, -0.2) is 42.6 Å². The smallest absolute Gasteiger partial charge is 0.331 e. The number of ether oxygens (including phenoxy) is 2.